The highest BCUT2D eigenvalue weighted by Gasteiger charge is 2.03. The van der Waals surface area contributed by atoms with Gasteiger partial charge in [0, 0.05) is 9.95 Å². The van der Waals surface area contributed by atoms with Crippen molar-refractivity contribution in [1.82, 2.24) is 0 Å². The van der Waals surface area contributed by atoms with Crippen molar-refractivity contribution < 1.29 is 8.68 Å². The van der Waals surface area contributed by atoms with Crippen LogP contribution in [0.5, 0.6) is 0 Å². The minimum absolute atomic E-state index is 0.441. The first-order valence-electron chi connectivity index (χ1n) is 2.06. The highest BCUT2D eigenvalue weighted by atomic mass is 32.2. The van der Waals surface area contributed by atoms with E-state index in [0.29, 0.717) is 11.8 Å². The summed E-state index contributed by atoms with van der Waals surface area (Å²) in [6.45, 7) is 0. The number of rotatable bonds is 1. The van der Waals surface area contributed by atoms with Crippen molar-refractivity contribution in [2.45, 2.75) is 0 Å². The van der Waals surface area contributed by atoms with Crippen LogP contribution in [0.4, 0.5) is 3.89 Å². The van der Waals surface area contributed by atoms with Gasteiger partial charge in [-0.05, 0) is 0 Å². The van der Waals surface area contributed by atoms with Gasteiger partial charge in [0.05, 0.1) is 5.56 Å². The molecule has 0 fully saturated rings. The van der Waals surface area contributed by atoms with Gasteiger partial charge in [-0.1, -0.05) is 0 Å². The predicted octanol–water partition coefficient (Wildman–Crippen LogP) is 1.98. The van der Waals surface area contributed by atoms with E-state index in [1.54, 1.807) is 0 Å². The van der Waals surface area contributed by atoms with Crippen LogP contribution >= 0.6 is 10.9 Å². The van der Waals surface area contributed by atoms with E-state index in [1.165, 1.54) is 16.8 Å². The molecule has 0 aliphatic rings. The smallest absolute Gasteiger partial charge is 0.199 e. The van der Waals surface area contributed by atoms with E-state index < -0.39 is 10.9 Å². The molecule has 0 saturated carbocycles. The second-order valence-corrected chi connectivity index (χ2v) is 2.49. The van der Waals surface area contributed by atoms with Crippen LogP contribution in [0.15, 0.2) is 16.8 Å². The van der Waals surface area contributed by atoms with Crippen LogP contribution in [0, 0.1) is 0 Å². The number of thiophene rings is 1. The Labute approximate surface area is 49.0 Å². The van der Waals surface area contributed by atoms with Gasteiger partial charge in [-0.3, -0.25) is 4.79 Å². The Morgan fingerprint density at radius 2 is 2.50 bits per heavy atom. The summed E-state index contributed by atoms with van der Waals surface area (Å²) in [5.41, 5.74) is 0.441. The highest BCUT2D eigenvalue weighted by molar-refractivity contribution is 7.22. The zero-order valence-corrected chi connectivity index (χ0v) is 4.82. The third-order valence-electron chi connectivity index (χ3n) is 0.775. The first-order valence-corrected chi connectivity index (χ1v) is 3.31. The number of aldehydes is 1. The van der Waals surface area contributed by atoms with Crippen LogP contribution in [0.2, 0.25) is 0 Å². The molecule has 1 nitrogen and oxygen atoms in total. The molecule has 1 rings (SSSR count). The van der Waals surface area contributed by atoms with Crippen LogP contribution in [0.25, 0.3) is 0 Å². The van der Waals surface area contributed by atoms with E-state index in [2.05, 4.69) is 0 Å². The molecule has 0 spiro atoms. The van der Waals surface area contributed by atoms with Gasteiger partial charge in [0.25, 0.3) is 0 Å². The zero-order valence-electron chi connectivity index (χ0n) is 4.00. The first kappa shape index (κ1) is 5.44. The van der Waals surface area contributed by atoms with E-state index in [9.17, 15) is 8.68 Å². The lowest BCUT2D eigenvalue weighted by Gasteiger charge is -1.60. The Kier molecular flexibility index (Phi) is 1.39. The van der Waals surface area contributed by atoms with Gasteiger partial charge in [-0.25, -0.2) is 0 Å². The van der Waals surface area contributed by atoms with E-state index in [0.717, 1.165) is 0 Å². The Morgan fingerprint density at radius 3 is 2.75 bits per heavy atom. The monoisotopic (exact) mass is 131 g/mol. The van der Waals surface area contributed by atoms with Gasteiger partial charge in [-0.15, -0.1) is 0 Å². The maximum atomic E-state index is 12.1. The summed E-state index contributed by atoms with van der Waals surface area (Å²) in [4.78, 5) is 9.87. The summed E-state index contributed by atoms with van der Waals surface area (Å²) in [6, 6.07) is 1.48. The molecular formula is C5H4FOS+. The lowest BCUT2D eigenvalue weighted by atomic mass is 10.4. The number of carbonyl (C=O) groups excluding carboxylic acids is 1. The van der Waals surface area contributed by atoms with Gasteiger partial charge < -0.3 is 0 Å². The second kappa shape index (κ2) is 2.05. The molecule has 1 heterocycles. The van der Waals surface area contributed by atoms with Crippen molar-refractivity contribution >= 4 is 17.1 Å². The SMILES string of the molecule is O=Cc1cc[s+](F)c1. The fraction of sp³-hybridized carbons (Fsp3) is 0. The highest BCUT2D eigenvalue weighted by Crippen LogP contribution is 2.19. The summed E-state index contributed by atoms with van der Waals surface area (Å²) >= 11 is 0. The van der Waals surface area contributed by atoms with Crippen LogP contribution in [0.3, 0.4) is 0 Å². The second-order valence-electron chi connectivity index (χ2n) is 1.35. The Balaban J connectivity index is 3.00. The summed E-state index contributed by atoms with van der Waals surface area (Å²) in [6.07, 6.45) is 0.642. The molecule has 0 bridgehead atoms. The van der Waals surface area contributed by atoms with Gasteiger partial charge >= 0.3 is 0 Å². The Bertz CT molecular complexity index is 194. The van der Waals surface area contributed by atoms with Crippen molar-refractivity contribution in [2.24, 2.45) is 0 Å². The lowest BCUT2D eigenvalue weighted by molar-refractivity contribution is 0.112. The summed E-state index contributed by atoms with van der Waals surface area (Å²) < 4.78 is 12.1. The molecule has 0 aromatic carbocycles. The quantitative estimate of drug-likeness (QED) is 0.420. The molecule has 1 aromatic rings. The lowest BCUT2D eigenvalue weighted by Crippen LogP contribution is -1.65. The zero-order chi connectivity index (χ0) is 5.98. The van der Waals surface area contributed by atoms with Crippen molar-refractivity contribution in [3.8, 4) is 0 Å². The minimum Gasteiger partial charge on any atom is -0.298 e. The Hall–Kier alpha value is -0.700. The molecule has 1 aromatic heterocycles. The largest absolute Gasteiger partial charge is 0.298 e. The normalized spacial score (nSPS) is 11.4. The molecule has 0 aliphatic heterocycles. The first-order chi connectivity index (χ1) is 3.83. The number of hydrogen-bond donors (Lipinski definition) is 0. The number of hydrogen-bond acceptors (Lipinski definition) is 1. The molecular weight excluding hydrogens is 127 g/mol. The van der Waals surface area contributed by atoms with Crippen LogP contribution in [0.1, 0.15) is 10.4 Å². The average Bonchev–Trinajstić information content (AvgIpc) is 2.14. The topological polar surface area (TPSA) is 17.1 Å². The molecule has 0 N–H and O–H groups in total. The van der Waals surface area contributed by atoms with Crippen molar-refractivity contribution in [1.29, 1.82) is 0 Å². The van der Waals surface area contributed by atoms with Gasteiger partial charge in [0.15, 0.2) is 27.9 Å². The number of carbonyl (C=O) groups is 1. The van der Waals surface area contributed by atoms with Crippen molar-refractivity contribution in [2.75, 3.05) is 0 Å². The molecule has 1 unspecified atom stereocenters. The third kappa shape index (κ3) is 0.924. The van der Waals surface area contributed by atoms with Crippen molar-refractivity contribution in [3.05, 3.63) is 22.4 Å². The van der Waals surface area contributed by atoms with Gasteiger partial charge in [0.2, 0.25) is 0 Å². The standard InChI is InChI=1S/C5H4FOS/c6-8-2-1-5(3-7)4-8/h1-4H/q+1. The third-order valence-corrected chi connectivity index (χ3v) is 1.67. The average molecular weight is 131 g/mol. The van der Waals surface area contributed by atoms with E-state index >= 15 is 0 Å². The maximum absolute atomic E-state index is 12.1. The predicted molar refractivity (Wildman–Crippen MR) is 30.8 cm³/mol. The van der Waals surface area contributed by atoms with Gasteiger partial charge in [-0.2, -0.15) is 0 Å². The van der Waals surface area contributed by atoms with E-state index in [1.807, 2.05) is 0 Å². The molecule has 8 heavy (non-hydrogen) atoms. The number of halogens is 1. The fourth-order valence-corrected chi connectivity index (χ4v) is 1.18. The van der Waals surface area contributed by atoms with E-state index in [-0.39, 0.29) is 0 Å². The molecule has 0 saturated heterocycles. The van der Waals surface area contributed by atoms with Gasteiger partial charge in [0.1, 0.15) is 0 Å². The molecule has 0 amide bonds. The van der Waals surface area contributed by atoms with Crippen LogP contribution in [-0.4, -0.2) is 6.29 Å². The van der Waals surface area contributed by atoms with Crippen molar-refractivity contribution in [3.63, 3.8) is 0 Å². The molecule has 1 atom stereocenters. The van der Waals surface area contributed by atoms with Crippen LogP contribution < -0.4 is 0 Å². The van der Waals surface area contributed by atoms with E-state index in [4.69, 9.17) is 0 Å². The summed E-state index contributed by atoms with van der Waals surface area (Å²) in [7, 11) is -1.28. The molecule has 0 aliphatic carbocycles. The Morgan fingerprint density at radius 1 is 1.75 bits per heavy atom. The molecule has 42 valence electrons. The maximum Gasteiger partial charge on any atom is 0.199 e. The summed E-state index contributed by atoms with van der Waals surface area (Å²) in [5, 5.41) is 2.66. The molecule has 3 heteroatoms. The summed E-state index contributed by atoms with van der Waals surface area (Å²) in [5.74, 6) is 0. The fourth-order valence-electron chi connectivity index (χ4n) is 0.419. The minimum atomic E-state index is -1.28. The van der Waals surface area contributed by atoms with Crippen LogP contribution in [-0.2, 0) is 0 Å². The molecule has 0 radical (unpaired) electrons.